The van der Waals surface area contributed by atoms with Gasteiger partial charge >= 0.3 is 7.05 Å². The lowest BCUT2D eigenvalue weighted by atomic mass is 9.70. The van der Waals surface area contributed by atoms with Crippen LogP contribution in [-0.4, -0.2) is 23.3 Å². The number of benzene rings is 1. The van der Waals surface area contributed by atoms with E-state index in [-0.39, 0.29) is 0 Å². The fraction of sp³-hybridized carbons (Fsp3) is 0.250. The van der Waals surface area contributed by atoms with E-state index in [0.29, 0.717) is 10.6 Å². The van der Waals surface area contributed by atoms with Gasteiger partial charge in [0.2, 0.25) is 0 Å². The van der Waals surface area contributed by atoms with Crippen LogP contribution in [0.2, 0.25) is 5.15 Å². The van der Waals surface area contributed by atoms with Gasteiger partial charge < -0.3 is 5.02 Å². The van der Waals surface area contributed by atoms with Crippen molar-refractivity contribution in [2.24, 2.45) is 5.10 Å². The van der Waals surface area contributed by atoms with E-state index in [1.807, 2.05) is 12.1 Å². The van der Waals surface area contributed by atoms with E-state index in [0.717, 1.165) is 17.7 Å². The van der Waals surface area contributed by atoms with Gasteiger partial charge in [0.05, 0.1) is 6.21 Å². The number of pyridine rings is 1. The lowest BCUT2D eigenvalue weighted by Crippen LogP contribution is -2.51. The van der Waals surface area contributed by atoms with E-state index >= 15 is 0 Å². The first kappa shape index (κ1) is 15.1. The summed E-state index contributed by atoms with van der Waals surface area (Å²) in [5, 5.41) is 15.2. The second-order valence-corrected chi connectivity index (χ2v) is 5.70. The van der Waals surface area contributed by atoms with Gasteiger partial charge in [-0.3, -0.25) is 4.92 Å². The first-order valence-electron chi connectivity index (χ1n) is 7.45. The maximum atomic E-state index is 10.6. The Morgan fingerprint density at radius 3 is 2.73 bits per heavy atom. The molecule has 0 spiro atoms. The molecule has 1 aliphatic heterocycles. The van der Waals surface area contributed by atoms with Crippen LogP contribution in [0.1, 0.15) is 30.9 Å². The van der Waals surface area contributed by atoms with Crippen LogP contribution < -0.4 is 10.4 Å². The van der Waals surface area contributed by atoms with Gasteiger partial charge in [-0.25, -0.2) is 4.98 Å². The van der Waals surface area contributed by atoms with E-state index < -0.39 is 7.05 Å². The number of aryl methyl sites for hydroxylation is 1. The van der Waals surface area contributed by atoms with Gasteiger partial charge in [-0.1, -0.05) is 37.1 Å². The average molecular weight is 314 g/mol. The van der Waals surface area contributed by atoms with E-state index in [1.165, 1.54) is 18.4 Å². The molecule has 0 saturated carbocycles. The predicted octanol–water partition coefficient (Wildman–Crippen LogP) is 2.62. The average Bonchev–Trinajstić information content (AvgIpc) is 2.54. The Kier molecular flexibility index (Phi) is 4.45. The minimum Gasteiger partial charge on any atom is -0.427 e. The van der Waals surface area contributed by atoms with Crippen molar-refractivity contribution in [2.75, 3.05) is 4.92 Å². The molecule has 3 rings (SSSR count). The molecule has 0 amide bonds. The number of rotatable bonds is 4. The Morgan fingerprint density at radius 1 is 1.23 bits per heavy atom. The van der Waals surface area contributed by atoms with E-state index in [4.69, 9.17) is 11.6 Å². The summed E-state index contributed by atoms with van der Waals surface area (Å²) in [6.07, 6.45) is 6.73. The summed E-state index contributed by atoms with van der Waals surface area (Å²) in [7, 11) is -0.928. The zero-order chi connectivity index (χ0) is 15.5. The molecule has 1 aromatic heterocycles. The molecule has 0 bridgehead atoms. The molecule has 4 nitrogen and oxygen atoms in total. The molecule has 2 heterocycles. The normalized spacial score (nSPS) is 13.4. The van der Waals surface area contributed by atoms with Crippen molar-refractivity contribution in [3.8, 4) is 0 Å². The van der Waals surface area contributed by atoms with Crippen LogP contribution in [0.15, 0.2) is 41.6 Å². The Bertz CT molecular complexity index is 690. The number of aromatic nitrogens is 1. The summed E-state index contributed by atoms with van der Waals surface area (Å²) in [6, 6.07) is 9.89. The molecule has 112 valence electrons. The highest BCUT2D eigenvalue weighted by Gasteiger charge is 2.32. The number of halogens is 1. The Hall–Kier alpha value is -1.85. The second kappa shape index (κ2) is 6.50. The molecule has 0 unspecified atom stereocenters. The molecule has 0 atom stereocenters. The summed E-state index contributed by atoms with van der Waals surface area (Å²) in [4.78, 5) is 5.59. The Labute approximate surface area is 135 Å². The smallest absolute Gasteiger partial charge is 0.427 e. The van der Waals surface area contributed by atoms with Crippen molar-refractivity contribution < 1.29 is 5.02 Å². The minimum absolute atomic E-state index is 0.306. The standard InChI is InChI=1S/C16H17BClN3O/c1-2-3-4-12-5-7-14(8-6-12)21-17(22)15-13(11-20-21)9-10-19-16(15)18/h5-11,22H,2-4H2,1H3. The summed E-state index contributed by atoms with van der Waals surface area (Å²) in [5.74, 6) is 0. The molecule has 6 heteroatoms. The second-order valence-electron chi connectivity index (χ2n) is 5.34. The molecule has 0 fully saturated rings. The van der Waals surface area contributed by atoms with Gasteiger partial charge in [0, 0.05) is 17.3 Å². The van der Waals surface area contributed by atoms with Crippen molar-refractivity contribution in [2.45, 2.75) is 26.2 Å². The van der Waals surface area contributed by atoms with Crippen LogP contribution >= 0.6 is 11.6 Å². The number of fused-ring (bicyclic) bond motifs is 1. The number of nitrogens with zero attached hydrogens (tertiary/aromatic N) is 3. The topological polar surface area (TPSA) is 48.7 Å². The number of hydrogen-bond donors (Lipinski definition) is 1. The van der Waals surface area contributed by atoms with Crippen molar-refractivity contribution in [3.05, 3.63) is 52.8 Å². The molecule has 22 heavy (non-hydrogen) atoms. The molecule has 0 saturated heterocycles. The first-order chi connectivity index (χ1) is 10.7. The first-order valence-corrected chi connectivity index (χ1v) is 7.83. The van der Waals surface area contributed by atoms with Crippen LogP contribution in [0, 0.1) is 0 Å². The van der Waals surface area contributed by atoms with Gasteiger partial charge in [-0.15, -0.1) is 0 Å². The van der Waals surface area contributed by atoms with E-state index in [9.17, 15) is 5.02 Å². The number of hydrogen-bond acceptors (Lipinski definition) is 4. The molecule has 2 aromatic rings. The lowest BCUT2D eigenvalue weighted by molar-refractivity contribution is 0.578. The van der Waals surface area contributed by atoms with E-state index in [2.05, 4.69) is 29.1 Å². The highest BCUT2D eigenvalue weighted by molar-refractivity contribution is 6.74. The van der Waals surface area contributed by atoms with Crippen molar-refractivity contribution in [1.82, 2.24) is 4.98 Å². The van der Waals surface area contributed by atoms with Crippen LogP contribution in [0.3, 0.4) is 0 Å². The highest BCUT2D eigenvalue weighted by atomic mass is 35.5. The molecule has 1 aromatic carbocycles. The number of anilines is 1. The summed E-state index contributed by atoms with van der Waals surface area (Å²) in [6.45, 7) is 2.18. The van der Waals surface area contributed by atoms with Crippen molar-refractivity contribution in [3.63, 3.8) is 0 Å². The quantitative estimate of drug-likeness (QED) is 0.697. The van der Waals surface area contributed by atoms with Crippen LogP contribution in [0.5, 0.6) is 0 Å². The maximum Gasteiger partial charge on any atom is 0.474 e. The zero-order valence-corrected chi connectivity index (χ0v) is 13.2. The minimum atomic E-state index is -0.928. The maximum absolute atomic E-state index is 10.6. The van der Waals surface area contributed by atoms with E-state index in [1.54, 1.807) is 23.4 Å². The predicted molar refractivity (Wildman–Crippen MR) is 92.0 cm³/mol. The third-order valence-corrected chi connectivity index (χ3v) is 4.11. The van der Waals surface area contributed by atoms with Gasteiger partial charge in [0.25, 0.3) is 0 Å². The fourth-order valence-electron chi connectivity index (χ4n) is 2.54. The van der Waals surface area contributed by atoms with Crippen LogP contribution in [0.25, 0.3) is 0 Å². The third kappa shape index (κ3) is 2.87. The SMILES string of the molecule is CCCCc1ccc(N2N=Cc3ccnc(Cl)c3B2O)cc1. The monoisotopic (exact) mass is 313 g/mol. The number of hydrazone groups is 1. The molecule has 1 aliphatic rings. The van der Waals surface area contributed by atoms with Gasteiger partial charge in [-0.05, 0) is 42.2 Å². The van der Waals surface area contributed by atoms with Crippen LogP contribution in [0.4, 0.5) is 5.69 Å². The largest absolute Gasteiger partial charge is 0.474 e. The molecule has 0 aliphatic carbocycles. The summed E-state index contributed by atoms with van der Waals surface area (Å²) >= 11 is 6.11. The number of unbranched alkanes of at least 4 members (excludes halogenated alkanes) is 1. The van der Waals surface area contributed by atoms with Crippen LogP contribution in [-0.2, 0) is 6.42 Å². The van der Waals surface area contributed by atoms with Gasteiger partial charge in [0.15, 0.2) is 0 Å². The van der Waals surface area contributed by atoms with Gasteiger partial charge in [-0.2, -0.15) is 5.10 Å². The highest BCUT2D eigenvalue weighted by Crippen LogP contribution is 2.21. The Balaban J connectivity index is 1.86. The lowest BCUT2D eigenvalue weighted by Gasteiger charge is -2.27. The molecular weight excluding hydrogens is 296 g/mol. The fourth-order valence-corrected chi connectivity index (χ4v) is 2.81. The third-order valence-electron chi connectivity index (χ3n) is 3.81. The summed E-state index contributed by atoms with van der Waals surface area (Å²) in [5.41, 5.74) is 3.51. The Morgan fingerprint density at radius 2 is 2.00 bits per heavy atom. The summed E-state index contributed by atoms with van der Waals surface area (Å²) < 4.78 is 0. The zero-order valence-electron chi connectivity index (χ0n) is 12.4. The van der Waals surface area contributed by atoms with Crippen molar-refractivity contribution >= 4 is 36.0 Å². The molecule has 1 N–H and O–H groups in total. The van der Waals surface area contributed by atoms with Crippen molar-refractivity contribution in [1.29, 1.82) is 0 Å². The van der Waals surface area contributed by atoms with Gasteiger partial charge in [0.1, 0.15) is 5.15 Å². The molecular formula is C16H17BClN3O. The molecule has 0 radical (unpaired) electrons.